The molecule has 5 heteroatoms. The van der Waals surface area contributed by atoms with Gasteiger partial charge in [-0.1, -0.05) is 12.1 Å². The van der Waals surface area contributed by atoms with Crippen LogP contribution in [-0.4, -0.2) is 35.8 Å². The van der Waals surface area contributed by atoms with Gasteiger partial charge in [-0.3, -0.25) is 4.79 Å². The Morgan fingerprint density at radius 1 is 1.38 bits per heavy atom. The lowest BCUT2D eigenvalue weighted by Crippen LogP contribution is -3.20. The van der Waals surface area contributed by atoms with E-state index in [1.165, 1.54) is 11.0 Å². The van der Waals surface area contributed by atoms with Gasteiger partial charge in [0.25, 0.3) is 0 Å². The summed E-state index contributed by atoms with van der Waals surface area (Å²) in [6, 6.07) is 6.67. The Morgan fingerprint density at radius 3 is 2.81 bits per heavy atom. The third-order valence-electron chi connectivity index (χ3n) is 5.12. The lowest BCUT2D eigenvalue weighted by atomic mass is 9.78. The molecule has 0 aliphatic carbocycles. The highest BCUT2D eigenvalue weighted by Gasteiger charge is 2.53. The van der Waals surface area contributed by atoms with Crippen molar-refractivity contribution in [3.8, 4) is 0 Å². The molecular weight excluding hydrogens is 269 g/mol. The van der Waals surface area contributed by atoms with Gasteiger partial charge in [0, 0.05) is 25.7 Å². The van der Waals surface area contributed by atoms with Crippen LogP contribution in [0.1, 0.15) is 31.4 Å². The quantitative estimate of drug-likeness (QED) is 0.814. The number of fused-ring (bicyclic) bond motifs is 2. The van der Waals surface area contributed by atoms with Gasteiger partial charge in [-0.15, -0.1) is 0 Å². The zero-order chi connectivity index (χ0) is 14.6. The van der Waals surface area contributed by atoms with Crippen LogP contribution in [0.3, 0.4) is 0 Å². The van der Waals surface area contributed by atoms with Crippen LogP contribution in [0, 0.1) is 11.7 Å². The lowest BCUT2D eigenvalue weighted by molar-refractivity contribution is -0.927. The molecule has 0 unspecified atom stereocenters. The first-order valence-corrected chi connectivity index (χ1v) is 7.63. The number of carbonyl (C=O) groups is 1. The molecule has 1 N–H and O–H groups in total. The van der Waals surface area contributed by atoms with Crippen molar-refractivity contribution in [1.82, 2.24) is 5.01 Å². The van der Waals surface area contributed by atoms with Crippen LogP contribution in [0.2, 0.25) is 0 Å². The summed E-state index contributed by atoms with van der Waals surface area (Å²) in [5.74, 6) is 0.189. The second kappa shape index (κ2) is 4.63. The molecule has 4 heterocycles. The summed E-state index contributed by atoms with van der Waals surface area (Å²) < 4.78 is 13.6. The number of hydrogen-bond donors (Lipinski definition) is 1. The zero-order valence-corrected chi connectivity index (χ0v) is 12.1. The molecule has 0 radical (unpaired) electrons. The van der Waals surface area contributed by atoms with E-state index in [1.807, 2.05) is 6.07 Å². The van der Waals surface area contributed by atoms with Crippen molar-refractivity contribution in [3.63, 3.8) is 0 Å². The van der Waals surface area contributed by atoms with E-state index in [-0.39, 0.29) is 23.8 Å². The summed E-state index contributed by atoms with van der Waals surface area (Å²) in [5, 5.41) is 6.22. The minimum atomic E-state index is -0.254. The van der Waals surface area contributed by atoms with Crippen molar-refractivity contribution in [2.45, 2.75) is 31.8 Å². The van der Waals surface area contributed by atoms with E-state index in [0.29, 0.717) is 5.92 Å². The predicted molar refractivity (Wildman–Crippen MR) is 76.3 cm³/mol. The van der Waals surface area contributed by atoms with Crippen LogP contribution in [0.5, 0.6) is 0 Å². The average molecular weight is 288 g/mol. The molecule has 0 aromatic heterocycles. The van der Waals surface area contributed by atoms with Gasteiger partial charge in [0.2, 0.25) is 5.91 Å². The summed E-state index contributed by atoms with van der Waals surface area (Å²) in [4.78, 5) is 13.5. The summed E-state index contributed by atoms with van der Waals surface area (Å²) in [6.45, 7) is 3.80. The predicted octanol–water partition coefficient (Wildman–Crippen LogP) is 0.762. The van der Waals surface area contributed by atoms with E-state index in [4.69, 9.17) is 0 Å². The van der Waals surface area contributed by atoms with Crippen molar-refractivity contribution in [3.05, 3.63) is 35.6 Å². The largest absolute Gasteiger partial charge is 0.326 e. The number of hydrogen-bond acceptors (Lipinski definition) is 2. The molecule has 1 aromatic rings. The van der Waals surface area contributed by atoms with Crippen LogP contribution in [0.25, 0.3) is 0 Å². The van der Waals surface area contributed by atoms with Crippen molar-refractivity contribution >= 4 is 11.6 Å². The molecule has 21 heavy (non-hydrogen) atoms. The fourth-order valence-electron chi connectivity index (χ4n) is 4.21. The van der Waals surface area contributed by atoms with Gasteiger partial charge in [-0.05, 0) is 17.7 Å². The van der Waals surface area contributed by atoms with Crippen LogP contribution >= 0.6 is 0 Å². The number of amides is 1. The van der Waals surface area contributed by atoms with Gasteiger partial charge in [-0.25, -0.2) is 9.40 Å². The molecule has 5 rings (SSSR count). The number of piperidine rings is 3. The van der Waals surface area contributed by atoms with Crippen LogP contribution in [-0.2, 0) is 4.79 Å². The molecule has 3 saturated heterocycles. The van der Waals surface area contributed by atoms with Gasteiger partial charge >= 0.3 is 0 Å². The topological polar surface area (TPSA) is 37.1 Å². The Kier molecular flexibility index (Phi) is 2.85. The van der Waals surface area contributed by atoms with E-state index < -0.39 is 0 Å². The molecule has 4 aliphatic rings. The number of nitrogens with zero attached hydrogens (tertiary/aromatic N) is 2. The monoisotopic (exact) mass is 288 g/mol. The Balaban J connectivity index is 1.79. The van der Waals surface area contributed by atoms with Crippen LogP contribution < -0.4 is 4.90 Å². The molecule has 3 fully saturated rings. The molecule has 1 aromatic carbocycles. The van der Waals surface area contributed by atoms with Gasteiger partial charge < -0.3 is 4.90 Å². The fourth-order valence-corrected chi connectivity index (χ4v) is 4.21. The molecular formula is C16H19FN3O+. The number of hydrazone groups is 1. The van der Waals surface area contributed by atoms with E-state index >= 15 is 0 Å². The molecule has 2 atom stereocenters. The molecule has 4 nitrogen and oxygen atoms in total. The number of quaternary nitrogens is 1. The van der Waals surface area contributed by atoms with E-state index in [0.717, 1.165) is 37.2 Å². The second-order valence-corrected chi connectivity index (χ2v) is 6.30. The SMILES string of the molecule is CC(=O)N1N=C2C3CC[NH+](CC3)[C@@H]2[C@@H]1c1cccc(F)c1. The highest BCUT2D eigenvalue weighted by atomic mass is 19.1. The average Bonchev–Trinajstić information content (AvgIpc) is 2.91. The highest BCUT2D eigenvalue weighted by molar-refractivity contribution is 5.95. The molecule has 2 bridgehead atoms. The summed E-state index contributed by atoms with van der Waals surface area (Å²) >= 11 is 0. The van der Waals surface area contributed by atoms with Crippen molar-refractivity contribution in [1.29, 1.82) is 0 Å². The molecule has 0 saturated carbocycles. The highest BCUT2D eigenvalue weighted by Crippen LogP contribution is 2.36. The van der Waals surface area contributed by atoms with Gasteiger partial charge in [0.15, 0.2) is 6.04 Å². The summed E-state index contributed by atoms with van der Waals surface area (Å²) in [5.41, 5.74) is 2.01. The third kappa shape index (κ3) is 1.91. The van der Waals surface area contributed by atoms with E-state index in [2.05, 4.69) is 5.10 Å². The van der Waals surface area contributed by atoms with E-state index in [9.17, 15) is 9.18 Å². The lowest BCUT2D eigenvalue weighted by Gasteiger charge is -2.42. The second-order valence-electron chi connectivity index (χ2n) is 6.30. The molecule has 1 amide bonds. The van der Waals surface area contributed by atoms with Gasteiger partial charge in [-0.2, -0.15) is 5.10 Å². The van der Waals surface area contributed by atoms with Crippen molar-refractivity contribution in [2.75, 3.05) is 13.1 Å². The van der Waals surface area contributed by atoms with Crippen molar-refractivity contribution in [2.24, 2.45) is 11.0 Å². The maximum Gasteiger partial charge on any atom is 0.240 e. The molecule has 4 aliphatic heterocycles. The maximum atomic E-state index is 13.6. The van der Waals surface area contributed by atoms with Gasteiger partial charge in [0.05, 0.1) is 13.1 Å². The summed E-state index contributed by atoms with van der Waals surface area (Å²) in [7, 11) is 0. The summed E-state index contributed by atoms with van der Waals surface area (Å²) in [6.07, 6.45) is 2.32. The number of carbonyl (C=O) groups excluding carboxylic acids is 1. The van der Waals surface area contributed by atoms with E-state index in [1.54, 1.807) is 24.1 Å². The smallest absolute Gasteiger partial charge is 0.240 e. The minimum absolute atomic E-state index is 0.0637. The molecule has 0 spiro atoms. The Labute approximate surface area is 123 Å². The maximum absolute atomic E-state index is 13.6. The number of halogens is 1. The zero-order valence-electron chi connectivity index (χ0n) is 12.1. The van der Waals surface area contributed by atoms with Crippen molar-refractivity contribution < 1.29 is 14.1 Å². The number of benzene rings is 1. The van der Waals surface area contributed by atoms with Crippen LogP contribution in [0.15, 0.2) is 29.4 Å². The molecule has 110 valence electrons. The fraction of sp³-hybridized carbons (Fsp3) is 0.500. The number of rotatable bonds is 1. The third-order valence-corrected chi connectivity index (χ3v) is 5.12. The Bertz CT molecular complexity index is 622. The first-order chi connectivity index (χ1) is 10.1. The Morgan fingerprint density at radius 2 is 2.14 bits per heavy atom. The minimum Gasteiger partial charge on any atom is -0.326 e. The number of nitrogens with one attached hydrogen (secondary N) is 1. The first-order valence-electron chi connectivity index (χ1n) is 7.63. The standard InChI is InChI=1S/C16H18FN3O/c1-10(21)20-15(12-3-2-4-13(17)9-12)16-14(18-20)11-5-7-19(16)8-6-11/h2-4,9,11,15-16H,5-8H2,1H3/p+1/t15-,16-/m0/s1. The normalized spacial score (nSPS) is 33.8. The first kappa shape index (κ1) is 13.0. The van der Waals surface area contributed by atoms with Crippen LogP contribution in [0.4, 0.5) is 4.39 Å². The Hall–Kier alpha value is -1.75. The van der Waals surface area contributed by atoms with Gasteiger partial charge in [0.1, 0.15) is 17.6 Å².